The Morgan fingerprint density at radius 1 is 1.20 bits per heavy atom. The van der Waals surface area contributed by atoms with Crippen LogP contribution in [0.15, 0.2) is 14.1 Å². The van der Waals surface area contributed by atoms with Crippen LogP contribution in [-0.2, 0) is 20.6 Å². The molecule has 0 aliphatic carbocycles. The third-order valence-electron chi connectivity index (χ3n) is 2.19. The summed E-state index contributed by atoms with van der Waals surface area (Å²) in [5.41, 5.74) is 0.0862. The maximum Gasteiger partial charge on any atom is 0.330 e. The molecule has 1 heterocycles. The molecule has 0 atom stereocenters. The highest BCUT2D eigenvalue weighted by Crippen LogP contribution is 2.10. The highest BCUT2D eigenvalue weighted by atomic mass is 79.9. The molecular formula is C9H14BrN3O2. The zero-order chi connectivity index (χ0) is 11.7. The second-order valence-electron chi connectivity index (χ2n) is 3.70. The Labute approximate surface area is 96.1 Å². The zero-order valence-corrected chi connectivity index (χ0v) is 10.8. The van der Waals surface area contributed by atoms with Crippen molar-refractivity contribution in [3.63, 3.8) is 0 Å². The zero-order valence-electron chi connectivity index (χ0n) is 9.24. The molecule has 1 aromatic heterocycles. The molecule has 15 heavy (non-hydrogen) atoms. The summed E-state index contributed by atoms with van der Waals surface area (Å²) in [6, 6.07) is 0. The van der Waals surface area contributed by atoms with Crippen LogP contribution in [0.25, 0.3) is 0 Å². The number of nitrogens with zero attached hydrogens (tertiary/aromatic N) is 3. The lowest BCUT2D eigenvalue weighted by molar-refractivity contribution is 0.384. The van der Waals surface area contributed by atoms with E-state index >= 15 is 0 Å². The molecule has 0 bridgehead atoms. The first-order valence-corrected chi connectivity index (χ1v) is 5.24. The summed E-state index contributed by atoms with van der Waals surface area (Å²) in [6.45, 7) is 0.544. The van der Waals surface area contributed by atoms with E-state index < -0.39 is 0 Å². The summed E-state index contributed by atoms with van der Waals surface area (Å²) in [7, 11) is 6.89. The molecule has 6 heteroatoms. The summed E-state index contributed by atoms with van der Waals surface area (Å²) < 4.78 is 3.01. The van der Waals surface area contributed by atoms with Crippen LogP contribution < -0.4 is 11.2 Å². The van der Waals surface area contributed by atoms with Crippen molar-refractivity contribution in [1.82, 2.24) is 14.0 Å². The second kappa shape index (κ2) is 4.32. The van der Waals surface area contributed by atoms with Gasteiger partial charge in [0.2, 0.25) is 0 Å². The largest absolute Gasteiger partial charge is 0.330 e. The molecule has 0 saturated carbocycles. The van der Waals surface area contributed by atoms with Crippen LogP contribution in [-0.4, -0.2) is 28.1 Å². The lowest BCUT2D eigenvalue weighted by Gasteiger charge is -2.15. The number of rotatable bonds is 2. The van der Waals surface area contributed by atoms with E-state index in [1.54, 1.807) is 7.05 Å². The molecule has 0 unspecified atom stereocenters. The van der Waals surface area contributed by atoms with Crippen LogP contribution >= 0.6 is 15.9 Å². The van der Waals surface area contributed by atoms with Gasteiger partial charge in [0.15, 0.2) is 0 Å². The van der Waals surface area contributed by atoms with Crippen molar-refractivity contribution in [3.05, 3.63) is 31.0 Å². The van der Waals surface area contributed by atoms with Crippen molar-refractivity contribution in [2.45, 2.75) is 6.54 Å². The molecule has 84 valence electrons. The van der Waals surface area contributed by atoms with Gasteiger partial charge in [0.1, 0.15) is 4.47 Å². The van der Waals surface area contributed by atoms with Gasteiger partial charge in [0, 0.05) is 20.6 Å². The second-order valence-corrected chi connectivity index (χ2v) is 4.50. The Kier molecular flexibility index (Phi) is 3.51. The average molecular weight is 276 g/mol. The molecule has 0 spiro atoms. The van der Waals surface area contributed by atoms with Crippen molar-refractivity contribution in [1.29, 1.82) is 0 Å². The van der Waals surface area contributed by atoms with Gasteiger partial charge in [0.05, 0.1) is 5.69 Å². The fourth-order valence-corrected chi connectivity index (χ4v) is 1.98. The predicted molar refractivity (Wildman–Crippen MR) is 62.0 cm³/mol. The monoisotopic (exact) mass is 275 g/mol. The molecule has 5 nitrogen and oxygen atoms in total. The van der Waals surface area contributed by atoms with Crippen LogP contribution in [0, 0.1) is 0 Å². The Morgan fingerprint density at radius 2 is 1.73 bits per heavy atom. The minimum absolute atomic E-state index is 0.296. The van der Waals surface area contributed by atoms with E-state index in [0.29, 0.717) is 16.7 Å². The lowest BCUT2D eigenvalue weighted by atomic mass is 10.3. The standard InChI is InChI=1S/C9H14BrN3O2/c1-11(2)5-6-7(10)8(14)13(4)9(15)12(6)3/h5H2,1-4H3. The number of hydrogen-bond acceptors (Lipinski definition) is 3. The molecule has 1 rings (SSSR count). The van der Waals surface area contributed by atoms with Gasteiger partial charge in [-0.3, -0.25) is 13.9 Å². The summed E-state index contributed by atoms with van der Waals surface area (Å²) >= 11 is 3.22. The summed E-state index contributed by atoms with van der Waals surface area (Å²) in [5.74, 6) is 0. The van der Waals surface area contributed by atoms with Crippen LogP contribution in [0.4, 0.5) is 0 Å². The molecule has 0 saturated heterocycles. The SMILES string of the molecule is CN(C)Cc1c(Br)c(=O)n(C)c(=O)n1C. The van der Waals surface area contributed by atoms with E-state index in [-0.39, 0.29) is 11.2 Å². The van der Waals surface area contributed by atoms with E-state index in [4.69, 9.17) is 0 Å². The minimum Gasteiger partial charge on any atom is -0.304 e. The van der Waals surface area contributed by atoms with Gasteiger partial charge in [-0.15, -0.1) is 0 Å². The normalized spacial score (nSPS) is 11.1. The van der Waals surface area contributed by atoms with Gasteiger partial charge in [-0.25, -0.2) is 4.79 Å². The Balaban J connectivity index is 3.53. The molecule has 0 N–H and O–H groups in total. The van der Waals surface area contributed by atoms with Crippen molar-refractivity contribution in [3.8, 4) is 0 Å². The van der Waals surface area contributed by atoms with E-state index in [1.807, 2.05) is 19.0 Å². The maximum absolute atomic E-state index is 11.6. The predicted octanol–water partition coefficient (Wildman–Crippen LogP) is -0.0919. The number of aromatic nitrogens is 2. The van der Waals surface area contributed by atoms with Gasteiger partial charge in [-0.1, -0.05) is 0 Å². The van der Waals surface area contributed by atoms with E-state index in [0.717, 1.165) is 4.57 Å². The van der Waals surface area contributed by atoms with Gasteiger partial charge in [0.25, 0.3) is 5.56 Å². The summed E-state index contributed by atoms with van der Waals surface area (Å²) in [5, 5.41) is 0. The van der Waals surface area contributed by atoms with E-state index in [2.05, 4.69) is 15.9 Å². The maximum atomic E-state index is 11.6. The van der Waals surface area contributed by atoms with Crippen LogP contribution in [0.5, 0.6) is 0 Å². The first-order chi connectivity index (χ1) is 6.86. The molecule has 0 aromatic carbocycles. The number of halogens is 1. The molecule has 0 aliphatic rings. The fraction of sp³-hybridized carbons (Fsp3) is 0.556. The number of hydrogen-bond donors (Lipinski definition) is 0. The van der Waals surface area contributed by atoms with Gasteiger partial charge in [-0.2, -0.15) is 0 Å². The van der Waals surface area contributed by atoms with Gasteiger partial charge < -0.3 is 4.90 Å². The smallest absolute Gasteiger partial charge is 0.304 e. The Morgan fingerprint density at radius 3 is 2.20 bits per heavy atom. The molecular weight excluding hydrogens is 262 g/mol. The summed E-state index contributed by atoms with van der Waals surface area (Å²) in [4.78, 5) is 25.2. The van der Waals surface area contributed by atoms with Crippen LogP contribution in [0.3, 0.4) is 0 Å². The Bertz CT molecular complexity index is 450. The highest BCUT2D eigenvalue weighted by molar-refractivity contribution is 9.10. The van der Waals surface area contributed by atoms with Crippen molar-refractivity contribution >= 4 is 15.9 Å². The fourth-order valence-electron chi connectivity index (χ4n) is 1.32. The topological polar surface area (TPSA) is 47.2 Å². The highest BCUT2D eigenvalue weighted by Gasteiger charge is 2.13. The first-order valence-electron chi connectivity index (χ1n) is 4.45. The molecule has 1 aromatic rings. The third kappa shape index (κ3) is 2.21. The van der Waals surface area contributed by atoms with Gasteiger partial charge in [-0.05, 0) is 30.0 Å². The van der Waals surface area contributed by atoms with Crippen LogP contribution in [0.2, 0.25) is 0 Å². The van der Waals surface area contributed by atoms with E-state index in [1.165, 1.54) is 11.6 Å². The van der Waals surface area contributed by atoms with Crippen molar-refractivity contribution < 1.29 is 0 Å². The molecule has 0 radical (unpaired) electrons. The third-order valence-corrected chi connectivity index (χ3v) is 2.99. The van der Waals surface area contributed by atoms with Crippen LogP contribution in [0.1, 0.15) is 5.69 Å². The van der Waals surface area contributed by atoms with Crippen molar-refractivity contribution in [2.75, 3.05) is 14.1 Å². The lowest BCUT2D eigenvalue weighted by Crippen LogP contribution is -2.40. The van der Waals surface area contributed by atoms with Crippen molar-refractivity contribution in [2.24, 2.45) is 14.1 Å². The van der Waals surface area contributed by atoms with E-state index in [9.17, 15) is 9.59 Å². The van der Waals surface area contributed by atoms with Gasteiger partial charge >= 0.3 is 5.69 Å². The summed E-state index contributed by atoms with van der Waals surface area (Å²) in [6.07, 6.45) is 0. The minimum atomic E-state index is -0.306. The Hall–Kier alpha value is -0.880. The molecule has 0 fully saturated rings. The molecule has 0 amide bonds. The average Bonchev–Trinajstić information content (AvgIpc) is 2.18. The quantitative estimate of drug-likeness (QED) is 0.758. The first kappa shape index (κ1) is 12.2. The molecule has 0 aliphatic heterocycles.